The highest BCUT2D eigenvalue weighted by Gasteiger charge is 2.35. The van der Waals surface area contributed by atoms with Gasteiger partial charge in [-0.3, -0.25) is 0 Å². The van der Waals surface area contributed by atoms with Crippen LogP contribution < -0.4 is 9.83 Å². The van der Waals surface area contributed by atoms with E-state index in [1.54, 1.807) is 21.1 Å². The first kappa shape index (κ1) is 16.7. The van der Waals surface area contributed by atoms with Crippen molar-refractivity contribution in [2.75, 3.05) is 40.8 Å². The van der Waals surface area contributed by atoms with Crippen LogP contribution in [0.25, 0.3) is 0 Å². The molecule has 116 valence electrons. The lowest BCUT2D eigenvalue weighted by atomic mass is 10.2. The summed E-state index contributed by atoms with van der Waals surface area (Å²) < 4.78 is 31.7. The van der Waals surface area contributed by atoms with E-state index in [0.29, 0.717) is 8.79 Å². The Balaban J connectivity index is 2.82. The summed E-state index contributed by atoms with van der Waals surface area (Å²) in [5, 5.41) is 10.7. The highest BCUT2D eigenvalue weighted by Crippen LogP contribution is 2.10. The molecule has 0 spiro atoms. The number of carbonyl (C=O) groups excluding carboxylic acids is 2. The molecule has 1 N–H and O–H groups in total. The fourth-order valence-electron chi connectivity index (χ4n) is 1.88. The normalized spacial score (nSPS) is 17.9. The molecule has 1 unspecified atom stereocenters. The van der Waals surface area contributed by atoms with E-state index < -0.39 is 34.7 Å². The third-order valence-electron chi connectivity index (χ3n) is 2.51. The van der Waals surface area contributed by atoms with Crippen molar-refractivity contribution in [3.63, 3.8) is 0 Å². The van der Waals surface area contributed by atoms with E-state index in [2.05, 4.69) is 9.46 Å². The summed E-state index contributed by atoms with van der Waals surface area (Å²) in [5.41, 5.74) is 0. The second kappa shape index (κ2) is 5.94. The van der Waals surface area contributed by atoms with Crippen LogP contribution in [0.1, 0.15) is 6.42 Å². The fourth-order valence-corrected chi connectivity index (χ4v) is 3.15. The second-order valence-corrected chi connectivity index (χ2v) is 7.18. The van der Waals surface area contributed by atoms with Gasteiger partial charge in [-0.05, 0) is 0 Å². The zero-order valence-electron chi connectivity index (χ0n) is 11.7. The van der Waals surface area contributed by atoms with Crippen LogP contribution in [0.2, 0.25) is 0 Å². The molecule has 1 saturated heterocycles. The number of rotatable bonds is 7. The number of hydrogen-bond acceptors (Lipinski definition) is 6. The van der Waals surface area contributed by atoms with E-state index in [0.717, 1.165) is 0 Å². The molecule has 1 amide bonds. The number of nitrogens with one attached hydrogen (secondary N) is 1. The van der Waals surface area contributed by atoms with Crippen LogP contribution in [-0.4, -0.2) is 76.1 Å². The van der Waals surface area contributed by atoms with Crippen LogP contribution in [0.4, 0.5) is 4.79 Å². The molecule has 1 aliphatic heterocycles. The minimum Gasteiger partial charge on any atom is -0.550 e. The van der Waals surface area contributed by atoms with E-state index in [1.165, 1.54) is 0 Å². The topological polar surface area (TPSA) is 116 Å². The average molecular weight is 309 g/mol. The van der Waals surface area contributed by atoms with Crippen molar-refractivity contribution in [1.29, 1.82) is 0 Å². The van der Waals surface area contributed by atoms with Crippen molar-refractivity contribution >= 4 is 22.3 Å². The smallest absolute Gasteiger partial charge is 0.424 e. The lowest BCUT2D eigenvalue weighted by Crippen LogP contribution is -2.54. The Bertz CT molecular complexity index is 484. The predicted octanol–water partition coefficient (Wildman–Crippen LogP) is -2.51. The number of hydrogen-bond donors (Lipinski definition) is 1. The van der Waals surface area contributed by atoms with Crippen LogP contribution in [0.15, 0.2) is 0 Å². The highest BCUT2D eigenvalue weighted by molar-refractivity contribution is 7.87. The first-order valence-corrected chi connectivity index (χ1v) is 7.42. The van der Waals surface area contributed by atoms with Crippen LogP contribution in [0.5, 0.6) is 0 Å². The van der Waals surface area contributed by atoms with Crippen LogP contribution in [0.3, 0.4) is 0 Å². The summed E-state index contributed by atoms with van der Waals surface area (Å²) in [4.78, 5) is 22.0. The predicted molar refractivity (Wildman–Crippen MR) is 66.4 cm³/mol. The molecular formula is C10H19N3O6S. The van der Waals surface area contributed by atoms with Gasteiger partial charge in [-0.15, -0.1) is 0 Å². The molecular weight excluding hydrogens is 290 g/mol. The number of carbonyl (C=O) groups is 2. The minimum atomic E-state index is -4.12. The van der Waals surface area contributed by atoms with Gasteiger partial charge in [0.2, 0.25) is 0 Å². The van der Waals surface area contributed by atoms with Gasteiger partial charge in [-0.1, -0.05) is 0 Å². The molecule has 1 aliphatic rings. The lowest BCUT2D eigenvalue weighted by Gasteiger charge is -2.30. The number of quaternary nitrogens is 1. The summed E-state index contributed by atoms with van der Waals surface area (Å²) in [6.07, 6.45) is -1.44. The maximum absolute atomic E-state index is 12.0. The molecule has 1 rings (SSSR count). The summed E-state index contributed by atoms with van der Waals surface area (Å²) in [6, 6.07) is -0.876. The number of carboxylic acid groups (broad SMARTS) is 1. The number of nitrogens with zero attached hydrogens (tertiary/aromatic N) is 2. The van der Waals surface area contributed by atoms with Gasteiger partial charge in [0, 0.05) is 12.4 Å². The summed E-state index contributed by atoms with van der Waals surface area (Å²) in [5.74, 6) is -1.37. The molecule has 0 radical (unpaired) electrons. The van der Waals surface area contributed by atoms with Gasteiger partial charge in [0.1, 0.15) is 6.61 Å². The number of cyclic esters (lactones) is 1. The second-order valence-electron chi connectivity index (χ2n) is 5.56. The molecule has 1 heterocycles. The number of ether oxygens (including phenoxy) is 1. The Morgan fingerprint density at radius 1 is 1.50 bits per heavy atom. The standard InChI is InChI=1S/C10H19N3O6S/c1-13(2,3)7-8(6-9(14)15)11-20(17,18)12-4-5-19-10(12)16/h8,11H,4-7H2,1-3H3. The molecule has 20 heavy (non-hydrogen) atoms. The Kier molecular flexibility index (Phi) is 4.95. The third-order valence-corrected chi connectivity index (χ3v) is 4.05. The fraction of sp³-hybridized carbons (Fsp3) is 0.800. The van der Waals surface area contributed by atoms with Crippen LogP contribution >= 0.6 is 0 Å². The minimum absolute atomic E-state index is 0.0137. The Labute approximate surface area is 117 Å². The molecule has 0 aliphatic carbocycles. The van der Waals surface area contributed by atoms with Gasteiger partial charge in [0.25, 0.3) is 0 Å². The third kappa shape index (κ3) is 4.94. The molecule has 9 nitrogen and oxygen atoms in total. The Hall–Kier alpha value is -1.39. The molecule has 0 bridgehead atoms. The van der Waals surface area contributed by atoms with Crippen molar-refractivity contribution in [2.24, 2.45) is 0 Å². The van der Waals surface area contributed by atoms with E-state index in [4.69, 9.17) is 0 Å². The van der Waals surface area contributed by atoms with Gasteiger partial charge >= 0.3 is 16.3 Å². The molecule has 0 aromatic rings. The van der Waals surface area contributed by atoms with Gasteiger partial charge in [-0.2, -0.15) is 17.4 Å². The monoisotopic (exact) mass is 309 g/mol. The van der Waals surface area contributed by atoms with Crippen molar-refractivity contribution in [1.82, 2.24) is 9.03 Å². The molecule has 1 atom stereocenters. The Morgan fingerprint density at radius 2 is 2.10 bits per heavy atom. The van der Waals surface area contributed by atoms with E-state index >= 15 is 0 Å². The molecule has 10 heteroatoms. The largest absolute Gasteiger partial charge is 0.550 e. The van der Waals surface area contributed by atoms with E-state index in [1.807, 2.05) is 0 Å². The zero-order chi connectivity index (χ0) is 15.6. The number of carboxylic acids is 1. The van der Waals surface area contributed by atoms with Gasteiger partial charge in [0.15, 0.2) is 0 Å². The molecule has 0 aromatic carbocycles. The zero-order valence-corrected chi connectivity index (χ0v) is 12.5. The maximum atomic E-state index is 12.0. The van der Waals surface area contributed by atoms with Gasteiger partial charge in [0.05, 0.1) is 40.3 Å². The van der Waals surface area contributed by atoms with Crippen LogP contribution in [-0.2, 0) is 19.7 Å². The van der Waals surface area contributed by atoms with Crippen molar-refractivity contribution in [2.45, 2.75) is 12.5 Å². The first-order valence-electron chi connectivity index (χ1n) is 5.98. The molecule has 0 aromatic heterocycles. The van der Waals surface area contributed by atoms with E-state index in [9.17, 15) is 23.1 Å². The van der Waals surface area contributed by atoms with Crippen molar-refractivity contribution in [3.05, 3.63) is 0 Å². The summed E-state index contributed by atoms with van der Waals surface area (Å²) >= 11 is 0. The summed E-state index contributed by atoms with van der Waals surface area (Å²) in [7, 11) is 1.26. The Morgan fingerprint density at radius 3 is 2.50 bits per heavy atom. The first-order chi connectivity index (χ1) is 9.01. The van der Waals surface area contributed by atoms with Crippen molar-refractivity contribution in [3.8, 4) is 0 Å². The SMILES string of the molecule is C[N+](C)(C)CC(CC(=O)[O-])NS(=O)(=O)N1CCOC1=O. The summed E-state index contributed by atoms with van der Waals surface area (Å²) in [6.45, 7) is 0.132. The molecule has 0 saturated carbocycles. The highest BCUT2D eigenvalue weighted by atomic mass is 32.2. The number of aliphatic carboxylic acids is 1. The number of amides is 1. The average Bonchev–Trinajstić information content (AvgIpc) is 2.59. The van der Waals surface area contributed by atoms with E-state index in [-0.39, 0.29) is 19.7 Å². The quantitative estimate of drug-likeness (QED) is 0.519. The van der Waals surface area contributed by atoms with Gasteiger partial charge < -0.3 is 19.1 Å². The maximum Gasteiger partial charge on any atom is 0.424 e. The van der Waals surface area contributed by atoms with Crippen LogP contribution in [0, 0.1) is 0 Å². The molecule has 1 fully saturated rings. The number of likely N-dealkylation sites (N-methyl/N-ethyl adjacent to an activating group) is 1. The van der Waals surface area contributed by atoms with Gasteiger partial charge in [-0.25, -0.2) is 4.79 Å². The van der Waals surface area contributed by atoms with Crippen molar-refractivity contribution < 1.29 is 32.3 Å². The lowest BCUT2D eigenvalue weighted by molar-refractivity contribution is -0.871.